The zero-order valence-electron chi connectivity index (χ0n) is 18.8. The summed E-state index contributed by atoms with van der Waals surface area (Å²) in [6.45, 7) is 4.54. The second-order valence-corrected chi connectivity index (χ2v) is 7.87. The van der Waals surface area contributed by atoms with Crippen molar-refractivity contribution in [2.75, 3.05) is 23.7 Å². The van der Waals surface area contributed by atoms with Crippen LogP contribution in [-0.2, 0) is 4.79 Å². The molecule has 1 aromatic carbocycles. The Morgan fingerprint density at radius 3 is 2.79 bits per heavy atom. The minimum absolute atomic E-state index is 0.0235. The van der Waals surface area contributed by atoms with Gasteiger partial charge in [0.25, 0.3) is 0 Å². The minimum Gasteiger partial charge on any atom is -0.382 e. The number of aryl methyl sites for hydroxylation is 1. The number of amides is 3. The Hall–Kier alpha value is -4.28. The lowest BCUT2D eigenvalue weighted by Crippen LogP contribution is -2.34. The van der Waals surface area contributed by atoms with E-state index in [1.54, 1.807) is 36.2 Å². The van der Waals surface area contributed by atoms with E-state index in [4.69, 9.17) is 5.73 Å². The molecule has 11 heteroatoms. The van der Waals surface area contributed by atoms with Gasteiger partial charge in [0.2, 0.25) is 5.91 Å². The monoisotopic (exact) mass is 464 g/mol. The summed E-state index contributed by atoms with van der Waals surface area (Å²) in [4.78, 5) is 33.4. The number of fused-ring (bicyclic) bond motifs is 1. The van der Waals surface area contributed by atoms with E-state index in [0.29, 0.717) is 29.2 Å². The first-order valence-electron chi connectivity index (χ1n) is 10.8. The van der Waals surface area contributed by atoms with Gasteiger partial charge in [0.1, 0.15) is 23.7 Å². The third-order valence-corrected chi connectivity index (χ3v) is 5.37. The number of anilines is 2. The number of amidine groups is 1. The highest BCUT2D eigenvalue weighted by Gasteiger charge is 2.39. The molecule has 2 aromatic rings. The second kappa shape index (κ2) is 9.69. The van der Waals surface area contributed by atoms with Gasteiger partial charge in [-0.1, -0.05) is 19.1 Å². The Bertz CT molecular complexity index is 1220. The van der Waals surface area contributed by atoms with Gasteiger partial charge in [0.15, 0.2) is 5.84 Å². The van der Waals surface area contributed by atoms with Crippen molar-refractivity contribution < 1.29 is 14.0 Å². The van der Waals surface area contributed by atoms with E-state index in [-0.39, 0.29) is 24.0 Å². The third-order valence-electron chi connectivity index (χ3n) is 5.37. The molecule has 5 N–H and O–H groups in total. The maximum absolute atomic E-state index is 15.0. The van der Waals surface area contributed by atoms with E-state index in [2.05, 4.69) is 31.0 Å². The van der Waals surface area contributed by atoms with Crippen molar-refractivity contribution in [3.63, 3.8) is 0 Å². The fraction of sp³-hybridized carbons (Fsp3) is 0.261. The van der Waals surface area contributed by atoms with Crippen LogP contribution < -0.4 is 21.7 Å². The molecule has 1 atom stereocenters. The normalized spacial score (nSPS) is 16.7. The van der Waals surface area contributed by atoms with Crippen LogP contribution in [0.4, 0.5) is 20.7 Å². The van der Waals surface area contributed by atoms with Gasteiger partial charge in [-0.15, -0.1) is 0 Å². The molecule has 2 aliphatic heterocycles. The summed E-state index contributed by atoms with van der Waals surface area (Å²) in [5.74, 6) is -0.933. The molecule has 0 aliphatic carbocycles. The van der Waals surface area contributed by atoms with Gasteiger partial charge >= 0.3 is 6.03 Å². The van der Waals surface area contributed by atoms with Crippen LogP contribution in [-0.4, -0.2) is 47.2 Å². The minimum atomic E-state index is -0.668. The highest BCUT2D eigenvalue weighted by atomic mass is 19.1. The Balaban J connectivity index is 1.60. The van der Waals surface area contributed by atoms with Gasteiger partial charge < -0.3 is 16.4 Å². The Morgan fingerprint density at radius 1 is 1.24 bits per heavy atom. The van der Waals surface area contributed by atoms with E-state index in [1.807, 2.05) is 6.92 Å². The number of pyridine rings is 1. The van der Waals surface area contributed by atoms with Gasteiger partial charge in [0, 0.05) is 17.8 Å². The van der Waals surface area contributed by atoms with Gasteiger partial charge in [-0.2, -0.15) is 5.10 Å². The fourth-order valence-electron chi connectivity index (χ4n) is 3.84. The van der Waals surface area contributed by atoms with Crippen molar-refractivity contribution in [1.29, 1.82) is 0 Å². The number of carbonyl (C=O) groups is 2. The Labute approximate surface area is 195 Å². The quantitative estimate of drug-likeness (QED) is 0.521. The number of aromatic nitrogens is 1. The molecule has 3 heterocycles. The Morgan fingerprint density at radius 2 is 2.06 bits per heavy atom. The summed E-state index contributed by atoms with van der Waals surface area (Å²) in [5, 5.41) is 13.7. The van der Waals surface area contributed by atoms with Crippen LogP contribution in [0.2, 0.25) is 0 Å². The number of halogens is 1. The number of rotatable bonds is 6. The lowest BCUT2D eigenvalue weighted by atomic mass is 9.92. The molecule has 0 radical (unpaired) electrons. The molecular formula is C23H25FN8O2. The molecule has 0 bridgehead atoms. The molecule has 4 rings (SSSR count). The number of nitrogens with one attached hydrogen (secondary N) is 3. The zero-order valence-corrected chi connectivity index (χ0v) is 18.8. The number of nitrogens with zero attached hydrogens (tertiary/aromatic N) is 4. The molecular weight excluding hydrogens is 439 g/mol. The largest absolute Gasteiger partial charge is 0.382 e. The van der Waals surface area contributed by atoms with Crippen LogP contribution in [0, 0.1) is 18.7 Å². The third kappa shape index (κ3) is 4.72. The Kier molecular flexibility index (Phi) is 6.53. The van der Waals surface area contributed by atoms with Crippen molar-refractivity contribution >= 4 is 41.2 Å². The predicted molar refractivity (Wildman–Crippen MR) is 129 cm³/mol. The molecule has 176 valence electrons. The van der Waals surface area contributed by atoms with Gasteiger partial charge in [-0.05, 0) is 43.2 Å². The van der Waals surface area contributed by atoms with Crippen LogP contribution in [0.3, 0.4) is 0 Å². The number of nitrogens with two attached hydrogens (primary N) is 1. The first-order chi connectivity index (χ1) is 16.4. The van der Waals surface area contributed by atoms with E-state index in [9.17, 15) is 9.59 Å². The maximum atomic E-state index is 15.0. The predicted octanol–water partition coefficient (Wildman–Crippen LogP) is 2.66. The molecule has 0 spiro atoms. The summed E-state index contributed by atoms with van der Waals surface area (Å²) >= 11 is 0. The lowest BCUT2D eigenvalue weighted by Gasteiger charge is -2.18. The van der Waals surface area contributed by atoms with Crippen molar-refractivity contribution in [2.45, 2.75) is 20.3 Å². The number of aliphatic imine (C=N–C) groups is 1. The summed E-state index contributed by atoms with van der Waals surface area (Å²) in [5.41, 5.74) is 8.26. The highest BCUT2D eigenvalue weighted by molar-refractivity contribution is 6.11. The summed E-state index contributed by atoms with van der Waals surface area (Å²) in [6.07, 6.45) is 2.10. The number of carbonyl (C=O) groups excluding carboxylic acids is 2. The van der Waals surface area contributed by atoms with Gasteiger partial charge in [-0.3, -0.25) is 15.1 Å². The SMILES string of the molecule is CCCNC(=O)C1CN2N=CN=C(N)C2=C1c1ccc(NC(=O)Nc2cccc(C)n2)c(F)c1. The fourth-order valence-corrected chi connectivity index (χ4v) is 3.84. The molecule has 0 fully saturated rings. The molecule has 0 saturated carbocycles. The topological polar surface area (TPSA) is 137 Å². The second-order valence-electron chi connectivity index (χ2n) is 7.87. The average molecular weight is 465 g/mol. The number of urea groups is 1. The number of hydrogen-bond acceptors (Lipinski definition) is 7. The zero-order chi connectivity index (χ0) is 24.2. The van der Waals surface area contributed by atoms with Crippen molar-refractivity contribution in [1.82, 2.24) is 15.3 Å². The molecule has 3 amide bonds. The average Bonchev–Trinajstić information content (AvgIpc) is 3.20. The highest BCUT2D eigenvalue weighted by Crippen LogP contribution is 2.38. The van der Waals surface area contributed by atoms with Gasteiger partial charge in [0.05, 0.1) is 18.2 Å². The van der Waals surface area contributed by atoms with Crippen LogP contribution in [0.25, 0.3) is 5.57 Å². The molecule has 0 saturated heterocycles. The van der Waals surface area contributed by atoms with Crippen molar-refractivity contribution in [2.24, 2.45) is 21.7 Å². The van der Waals surface area contributed by atoms with E-state index < -0.39 is 17.8 Å². The van der Waals surface area contributed by atoms with Crippen molar-refractivity contribution in [3.8, 4) is 0 Å². The van der Waals surface area contributed by atoms with Crippen LogP contribution in [0.1, 0.15) is 24.6 Å². The molecule has 1 aromatic heterocycles. The molecule has 10 nitrogen and oxygen atoms in total. The van der Waals surface area contributed by atoms with Gasteiger partial charge in [-0.25, -0.2) is 19.2 Å². The first-order valence-corrected chi connectivity index (χ1v) is 10.8. The molecule has 1 unspecified atom stereocenters. The van der Waals surface area contributed by atoms with Crippen molar-refractivity contribution in [3.05, 3.63) is 59.2 Å². The van der Waals surface area contributed by atoms with E-state index in [1.165, 1.54) is 18.5 Å². The number of hydrogen-bond donors (Lipinski definition) is 4. The first kappa shape index (κ1) is 22.9. The van der Waals surface area contributed by atoms with Crippen LogP contribution >= 0.6 is 0 Å². The van der Waals surface area contributed by atoms with E-state index in [0.717, 1.165) is 12.1 Å². The number of benzene rings is 1. The maximum Gasteiger partial charge on any atom is 0.324 e. The standard InChI is InChI=1S/C23H25FN8O2/c1-3-9-26-22(33)15-11-32-20(21(25)27-12-28-32)19(15)14-7-8-17(16(24)10-14)30-23(34)31-18-6-4-5-13(2)29-18/h4-8,10,12,15H,3,9,11H2,1-2H3,(H,26,33)(H2,25,27,28)(H2,29,30,31,34). The summed E-state index contributed by atoms with van der Waals surface area (Å²) in [6, 6.07) is 8.88. The lowest BCUT2D eigenvalue weighted by molar-refractivity contribution is -0.123. The number of hydrazone groups is 1. The molecule has 2 aliphatic rings. The van der Waals surface area contributed by atoms with Crippen LogP contribution in [0.5, 0.6) is 0 Å². The van der Waals surface area contributed by atoms with E-state index >= 15 is 4.39 Å². The molecule has 34 heavy (non-hydrogen) atoms. The summed E-state index contributed by atoms with van der Waals surface area (Å²) < 4.78 is 15.0. The van der Waals surface area contributed by atoms with Crippen LogP contribution in [0.15, 0.2) is 52.2 Å². The summed E-state index contributed by atoms with van der Waals surface area (Å²) in [7, 11) is 0. The smallest absolute Gasteiger partial charge is 0.324 e.